The number of benzene rings is 4. The van der Waals surface area contributed by atoms with Crippen LogP contribution in [0.2, 0.25) is 0 Å². The van der Waals surface area contributed by atoms with Gasteiger partial charge >= 0.3 is 99.8 Å². The summed E-state index contributed by atoms with van der Waals surface area (Å²) in [6.45, 7) is 17.9. The van der Waals surface area contributed by atoms with Crippen molar-refractivity contribution in [3.05, 3.63) is 144 Å². The second-order valence-corrected chi connectivity index (χ2v) is 18.9. The SMILES string of the molecule is Cc1cc2c(C(C)(C)C)cccc2[cH-]1.Cc1cc2c(C(C)(C)C)cccc2[cH-]1.[Cl-].[Cl-].[Zr+2]=[Si](c1ccccc1)c1ccccc1. The molecular weight excluding hydrogens is 671 g/mol. The molecule has 0 nitrogen and oxygen atoms in total. The molecule has 44 heavy (non-hydrogen) atoms. The van der Waals surface area contributed by atoms with E-state index in [4.69, 9.17) is 0 Å². The molecule has 0 bridgehead atoms. The first-order valence-corrected chi connectivity index (χ1v) is 20.1. The normalized spacial score (nSPS) is 11.0. The van der Waals surface area contributed by atoms with Gasteiger partial charge in [-0.2, -0.15) is 12.1 Å². The minimum absolute atomic E-state index is 0. The monoisotopic (exact) mass is 712 g/mol. The Balaban J connectivity index is 0.000000225. The first-order valence-electron chi connectivity index (χ1n) is 14.9. The standard InChI is InChI=1S/2C14H17.C12H10Si.2ClH.Zr/c2*1-10-8-11-6-5-7-13(12(11)9-10)14(2,3)4;1-3-7-11(8-4-1)13-12-9-5-2-6-10-12;;;/h2*5-9H,1-4H3;1-10H;2*1H;/q2*-1;;;;+2/p-2. The van der Waals surface area contributed by atoms with Crippen LogP contribution in [0, 0.1) is 13.8 Å². The van der Waals surface area contributed by atoms with E-state index in [1.165, 1.54) is 54.2 Å². The van der Waals surface area contributed by atoms with E-state index in [0.29, 0.717) is 0 Å². The Labute approximate surface area is 293 Å². The number of hydrogen-bond acceptors (Lipinski definition) is 0. The van der Waals surface area contributed by atoms with Crippen molar-refractivity contribution in [2.75, 3.05) is 0 Å². The minimum atomic E-state index is -0.455. The summed E-state index contributed by atoms with van der Waals surface area (Å²) >= 11 is 1.64. The van der Waals surface area contributed by atoms with Crippen LogP contribution in [-0.2, 0) is 34.2 Å². The van der Waals surface area contributed by atoms with Crippen molar-refractivity contribution >= 4 is 37.4 Å². The molecule has 0 aliphatic carbocycles. The molecule has 0 amide bonds. The van der Waals surface area contributed by atoms with Gasteiger partial charge in [0, 0.05) is 0 Å². The van der Waals surface area contributed by atoms with Gasteiger partial charge in [0.2, 0.25) is 0 Å². The molecule has 0 aliphatic heterocycles. The molecule has 4 heteroatoms. The molecule has 6 aromatic rings. The predicted molar refractivity (Wildman–Crippen MR) is 184 cm³/mol. The summed E-state index contributed by atoms with van der Waals surface area (Å²) in [7, 11) is 0. The maximum absolute atomic E-state index is 2.29. The first kappa shape index (κ1) is 38.0. The number of rotatable bonds is 2. The Morgan fingerprint density at radius 1 is 0.500 bits per heavy atom. The summed E-state index contributed by atoms with van der Waals surface area (Å²) in [6, 6.07) is 43.9. The van der Waals surface area contributed by atoms with Crippen LogP contribution in [0.1, 0.15) is 63.8 Å². The molecule has 0 fully saturated rings. The van der Waals surface area contributed by atoms with Crippen LogP contribution in [0.5, 0.6) is 0 Å². The Morgan fingerprint density at radius 2 is 0.841 bits per heavy atom. The van der Waals surface area contributed by atoms with E-state index in [-0.39, 0.29) is 35.6 Å². The van der Waals surface area contributed by atoms with Crippen molar-refractivity contribution in [1.82, 2.24) is 0 Å². The molecule has 0 unspecified atom stereocenters. The third kappa shape index (κ3) is 9.89. The van der Waals surface area contributed by atoms with Gasteiger partial charge in [0.15, 0.2) is 0 Å². The van der Waals surface area contributed by atoms with Crippen LogP contribution in [-0.4, -0.2) is 5.43 Å². The number of hydrogen-bond donors (Lipinski definition) is 0. The molecule has 0 aromatic heterocycles. The van der Waals surface area contributed by atoms with Gasteiger partial charge in [-0.1, -0.05) is 78.6 Å². The van der Waals surface area contributed by atoms with Crippen LogP contribution in [0.3, 0.4) is 0 Å². The van der Waals surface area contributed by atoms with Crippen LogP contribution >= 0.6 is 0 Å². The van der Waals surface area contributed by atoms with E-state index in [0.717, 1.165) is 0 Å². The van der Waals surface area contributed by atoms with Crippen LogP contribution in [0.4, 0.5) is 0 Å². The van der Waals surface area contributed by atoms with E-state index >= 15 is 0 Å². The van der Waals surface area contributed by atoms with Crippen molar-refractivity contribution in [2.45, 2.75) is 66.2 Å². The van der Waals surface area contributed by atoms with E-state index in [1.807, 2.05) is 0 Å². The molecule has 0 saturated carbocycles. The van der Waals surface area contributed by atoms with Gasteiger partial charge in [-0.05, 0) is 10.8 Å². The van der Waals surface area contributed by atoms with Crippen molar-refractivity contribution < 1.29 is 48.1 Å². The average Bonchev–Trinajstić information content (AvgIpc) is 3.53. The molecule has 0 N–H and O–H groups in total. The quantitative estimate of drug-likeness (QED) is 0.190. The Morgan fingerprint density at radius 3 is 1.16 bits per heavy atom. The fourth-order valence-electron chi connectivity index (χ4n) is 5.45. The summed E-state index contributed by atoms with van der Waals surface area (Å²) in [5.41, 5.74) is 5.63. The summed E-state index contributed by atoms with van der Waals surface area (Å²) in [5.74, 6) is 0. The Kier molecular flexibility index (Phi) is 14.1. The van der Waals surface area contributed by atoms with E-state index < -0.39 is 5.43 Å². The fraction of sp³-hybridized carbons (Fsp3) is 0.250. The predicted octanol–water partition coefficient (Wildman–Crippen LogP) is 3.68. The molecule has 0 heterocycles. The second-order valence-electron chi connectivity index (χ2n) is 13.3. The molecule has 6 rings (SSSR count). The van der Waals surface area contributed by atoms with Crippen LogP contribution < -0.4 is 35.2 Å². The van der Waals surface area contributed by atoms with Crippen molar-refractivity contribution in [2.24, 2.45) is 0 Å². The molecule has 0 radical (unpaired) electrons. The maximum atomic E-state index is 2.29. The summed E-state index contributed by atoms with van der Waals surface area (Å²) in [5, 5.41) is 8.60. The molecule has 0 atom stereocenters. The summed E-state index contributed by atoms with van der Waals surface area (Å²) in [4.78, 5) is 0. The molecule has 6 aromatic carbocycles. The number of halogens is 2. The van der Waals surface area contributed by atoms with Crippen LogP contribution in [0.25, 0.3) is 21.5 Å². The molecular formula is C40H44Cl2SiZr-2. The number of fused-ring (bicyclic) bond motifs is 2. The number of aryl methyl sites for hydroxylation is 2. The zero-order valence-corrected chi connectivity index (χ0v) is 32.3. The Bertz CT molecular complexity index is 1630. The van der Waals surface area contributed by atoms with Gasteiger partial charge in [-0.25, -0.2) is 0 Å². The Hall–Kier alpha value is -2.22. The fourth-order valence-corrected chi connectivity index (χ4v) is 9.30. The zero-order chi connectivity index (χ0) is 30.5. The van der Waals surface area contributed by atoms with Gasteiger partial charge in [0.05, 0.1) is 0 Å². The third-order valence-corrected chi connectivity index (χ3v) is 13.6. The summed E-state index contributed by atoms with van der Waals surface area (Å²) < 4.78 is 0. The van der Waals surface area contributed by atoms with Gasteiger partial charge in [0.1, 0.15) is 0 Å². The molecule has 228 valence electrons. The molecule has 0 spiro atoms. The van der Waals surface area contributed by atoms with Gasteiger partial charge in [-0.3, -0.25) is 0 Å². The van der Waals surface area contributed by atoms with Crippen LogP contribution in [0.15, 0.2) is 121 Å². The van der Waals surface area contributed by atoms with E-state index in [2.05, 4.69) is 177 Å². The van der Waals surface area contributed by atoms with Gasteiger partial charge < -0.3 is 24.8 Å². The average molecular weight is 715 g/mol. The van der Waals surface area contributed by atoms with Crippen molar-refractivity contribution in [3.63, 3.8) is 0 Å². The molecule has 0 saturated heterocycles. The van der Waals surface area contributed by atoms with E-state index in [1.54, 1.807) is 23.3 Å². The first-order chi connectivity index (χ1) is 19.8. The third-order valence-electron chi connectivity index (χ3n) is 7.53. The van der Waals surface area contributed by atoms with Gasteiger partial charge in [0.25, 0.3) is 0 Å². The second kappa shape index (κ2) is 16.4. The zero-order valence-electron chi connectivity index (χ0n) is 27.3. The summed E-state index contributed by atoms with van der Waals surface area (Å²) in [6.07, 6.45) is 0. The van der Waals surface area contributed by atoms with E-state index in [9.17, 15) is 0 Å². The van der Waals surface area contributed by atoms with Gasteiger partial charge in [-0.15, -0.1) is 69.1 Å². The topological polar surface area (TPSA) is 0 Å². The molecule has 0 aliphatic rings. The van der Waals surface area contributed by atoms with Crippen molar-refractivity contribution in [1.29, 1.82) is 0 Å². The van der Waals surface area contributed by atoms with Crippen molar-refractivity contribution in [3.8, 4) is 0 Å².